The Balaban J connectivity index is 2.61. The second kappa shape index (κ2) is 1.99. The smallest absolute Gasteiger partial charge is 0.311 e. The first-order chi connectivity index (χ1) is 4.15. The molecule has 1 fully saturated rings. The predicted octanol–water partition coefficient (Wildman–Crippen LogP) is 0.498. The summed E-state index contributed by atoms with van der Waals surface area (Å²) in [4.78, 5) is 10.4. The molecule has 9 heavy (non-hydrogen) atoms. The van der Waals surface area contributed by atoms with Gasteiger partial charge in [-0.05, 0) is 13.3 Å². The molecule has 0 radical (unpaired) electrons. The Hall–Kier alpha value is -0.570. The minimum absolute atomic E-state index is 0.363. The quantitative estimate of drug-likeness (QED) is 0.562. The third-order valence-corrected chi connectivity index (χ3v) is 1.74. The number of carbonyl (C=O) groups is 1. The van der Waals surface area contributed by atoms with Crippen LogP contribution in [0.3, 0.4) is 0 Å². The highest BCUT2D eigenvalue weighted by molar-refractivity contribution is 5.74. The van der Waals surface area contributed by atoms with E-state index in [1.54, 1.807) is 6.92 Å². The molecular weight excluding hydrogens is 120 g/mol. The fraction of sp³-hybridized carbons (Fsp3) is 0.833. The average molecular weight is 130 g/mol. The summed E-state index contributed by atoms with van der Waals surface area (Å²) in [5, 5.41) is 8.59. The number of rotatable bonds is 1. The SMILES string of the molecule is C[C@]1(C(=O)O)CCOC1. The fourth-order valence-electron chi connectivity index (χ4n) is 0.836. The topological polar surface area (TPSA) is 46.5 Å². The van der Waals surface area contributed by atoms with Crippen molar-refractivity contribution in [3.8, 4) is 0 Å². The highest BCUT2D eigenvalue weighted by Gasteiger charge is 2.37. The molecule has 0 aromatic heterocycles. The van der Waals surface area contributed by atoms with Crippen LogP contribution < -0.4 is 0 Å². The van der Waals surface area contributed by atoms with E-state index in [9.17, 15) is 4.79 Å². The van der Waals surface area contributed by atoms with Gasteiger partial charge < -0.3 is 9.84 Å². The van der Waals surface area contributed by atoms with Crippen LogP contribution in [0.15, 0.2) is 0 Å². The van der Waals surface area contributed by atoms with Crippen LogP contribution in [-0.2, 0) is 9.53 Å². The van der Waals surface area contributed by atoms with Gasteiger partial charge in [-0.1, -0.05) is 0 Å². The molecule has 0 unspecified atom stereocenters. The van der Waals surface area contributed by atoms with Crippen LogP contribution in [0.25, 0.3) is 0 Å². The lowest BCUT2D eigenvalue weighted by Crippen LogP contribution is -2.27. The van der Waals surface area contributed by atoms with Gasteiger partial charge in [0.25, 0.3) is 0 Å². The number of carboxylic acid groups (broad SMARTS) is 1. The summed E-state index contributed by atoms with van der Waals surface area (Å²) in [6, 6.07) is 0. The normalized spacial score (nSPS) is 34.8. The van der Waals surface area contributed by atoms with E-state index in [1.807, 2.05) is 0 Å². The first-order valence-corrected chi connectivity index (χ1v) is 2.96. The molecule has 3 heteroatoms. The Bertz CT molecular complexity index is 124. The Labute approximate surface area is 53.6 Å². The number of hydrogen-bond acceptors (Lipinski definition) is 2. The molecule has 52 valence electrons. The highest BCUT2D eigenvalue weighted by atomic mass is 16.5. The van der Waals surface area contributed by atoms with Crippen molar-refractivity contribution in [2.24, 2.45) is 5.41 Å². The molecule has 1 N–H and O–H groups in total. The van der Waals surface area contributed by atoms with Gasteiger partial charge in [-0.2, -0.15) is 0 Å². The molecule has 0 aromatic rings. The zero-order valence-electron chi connectivity index (χ0n) is 5.39. The van der Waals surface area contributed by atoms with E-state index in [0.29, 0.717) is 19.6 Å². The fourth-order valence-corrected chi connectivity index (χ4v) is 0.836. The zero-order chi connectivity index (χ0) is 6.91. The number of ether oxygens (including phenoxy) is 1. The van der Waals surface area contributed by atoms with Crippen LogP contribution in [0, 0.1) is 5.41 Å². The van der Waals surface area contributed by atoms with E-state index in [1.165, 1.54) is 0 Å². The van der Waals surface area contributed by atoms with E-state index in [0.717, 1.165) is 0 Å². The molecule has 0 aliphatic carbocycles. The van der Waals surface area contributed by atoms with Crippen LogP contribution in [0.5, 0.6) is 0 Å². The highest BCUT2D eigenvalue weighted by Crippen LogP contribution is 2.27. The number of aliphatic carboxylic acids is 1. The largest absolute Gasteiger partial charge is 0.481 e. The van der Waals surface area contributed by atoms with Crippen LogP contribution in [-0.4, -0.2) is 24.3 Å². The van der Waals surface area contributed by atoms with Crippen LogP contribution in [0.4, 0.5) is 0 Å². The predicted molar refractivity (Wildman–Crippen MR) is 31.2 cm³/mol. The standard InChI is InChI=1S/C6H10O3/c1-6(5(7)8)2-3-9-4-6/h2-4H2,1H3,(H,7,8)/t6-/m0/s1. The van der Waals surface area contributed by atoms with Crippen LogP contribution >= 0.6 is 0 Å². The lowest BCUT2D eigenvalue weighted by molar-refractivity contribution is -0.147. The average Bonchev–Trinajstić information content (AvgIpc) is 2.16. The van der Waals surface area contributed by atoms with Gasteiger partial charge in [-0.15, -0.1) is 0 Å². The first kappa shape index (κ1) is 6.55. The van der Waals surface area contributed by atoms with Crippen molar-refractivity contribution in [1.29, 1.82) is 0 Å². The molecule has 0 bridgehead atoms. The maximum atomic E-state index is 10.4. The molecule has 1 heterocycles. The molecule has 0 spiro atoms. The minimum atomic E-state index is -0.750. The summed E-state index contributed by atoms with van der Waals surface area (Å²) in [6.07, 6.45) is 0.641. The summed E-state index contributed by atoms with van der Waals surface area (Å²) < 4.78 is 4.94. The summed E-state index contributed by atoms with van der Waals surface area (Å²) in [5.74, 6) is -0.750. The van der Waals surface area contributed by atoms with Crippen molar-refractivity contribution in [1.82, 2.24) is 0 Å². The molecule has 1 rings (SSSR count). The molecular formula is C6H10O3. The molecule has 0 amide bonds. The lowest BCUT2D eigenvalue weighted by atomic mass is 9.91. The molecule has 3 nitrogen and oxygen atoms in total. The van der Waals surface area contributed by atoms with Gasteiger partial charge in [0.05, 0.1) is 12.0 Å². The molecule has 1 aliphatic rings. The summed E-state index contributed by atoms with van der Waals surface area (Å²) >= 11 is 0. The van der Waals surface area contributed by atoms with Gasteiger partial charge in [0.1, 0.15) is 0 Å². The Morgan fingerprint density at radius 3 is 2.67 bits per heavy atom. The monoisotopic (exact) mass is 130 g/mol. The zero-order valence-corrected chi connectivity index (χ0v) is 5.39. The van der Waals surface area contributed by atoms with Gasteiger partial charge in [0.15, 0.2) is 0 Å². The van der Waals surface area contributed by atoms with Gasteiger partial charge in [-0.3, -0.25) is 4.79 Å². The minimum Gasteiger partial charge on any atom is -0.481 e. The molecule has 1 aliphatic heterocycles. The Morgan fingerprint density at radius 2 is 2.44 bits per heavy atom. The number of carboxylic acids is 1. The number of hydrogen-bond donors (Lipinski definition) is 1. The van der Waals surface area contributed by atoms with Crippen molar-refractivity contribution in [2.45, 2.75) is 13.3 Å². The van der Waals surface area contributed by atoms with Gasteiger partial charge in [0, 0.05) is 6.61 Å². The second-order valence-corrected chi connectivity index (χ2v) is 2.67. The van der Waals surface area contributed by atoms with Crippen molar-refractivity contribution < 1.29 is 14.6 Å². The van der Waals surface area contributed by atoms with E-state index >= 15 is 0 Å². The van der Waals surface area contributed by atoms with Crippen molar-refractivity contribution >= 4 is 5.97 Å². The first-order valence-electron chi connectivity index (χ1n) is 2.96. The summed E-state index contributed by atoms with van der Waals surface area (Å²) in [7, 11) is 0. The van der Waals surface area contributed by atoms with E-state index in [-0.39, 0.29) is 0 Å². The molecule has 0 aromatic carbocycles. The maximum Gasteiger partial charge on any atom is 0.311 e. The van der Waals surface area contributed by atoms with Crippen molar-refractivity contribution in [3.05, 3.63) is 0 Å². The Kier molecular flexibility index (Phi) is 1.45. The molecule has 0 saturated carbocycles. The van der Waals surface area contributed by atoms with Gasteiger partial charge in [0.2, 0.25) is 0 Å². The Morgan fingerprint density at radius 1 is 1.78 bits per heavy atom. The van der Waals surface area contributed by atoms with E-state index in [4.69, 9.17) is 9.84 Å². The molecule has 1 saturated heterocycles. The van der Waals surface area contributed by atoms with E-state index in [2.05, 4.69) is 0 Å². The summed E-state index contributed by atoms with van der Waals surface area (Å²) in [5.41, 5.74) is -0.611. The van der Waals surface area contributed by atoms with Crippen molar-refractivity contribution in [3.63, 3.8) is 0 Å². The summed E-state index contributed by atoms with van der Waals surface area (Å²) in [6.45, 7) is 2.66. The lowest BCUT2D eigenvalue weighted by Gasteiger charge is -2.13. The van der Waals surface area contributed by atoms with Crippen molar-refractivity contribution in [2.75, 3.05) is 13.2 Å². The second-order valence-electron chi connectivity index (χ2n) is 2.67. The van der Waals surface area contributed by atoms with Gasteiger partial charge in [-0.25, -0.2) is 0 Å². The van der Waals surface area contributed by atoms with E-state index < -0.39 is 11.4 Å². The third kappa shape index (κ3) is 1.05. The van der Waals surface area contributed by atoms with Crippen LogP contribution in [0.1, 0.15) is 13.3 Å². The molecule has 1 atom stereocenters. The van der Waals surface area contributed by atoms with Crippen LogP contribution in [0.2, 0.25) is 0 Å². The third-order valence-electron chi connectivity index (χ3n) is 1.74. The maximum absolute atomic E-state index is 10.4. The van der Waals surface area contributed by atoms with Gasteiger partial charge >= 0.3 is 5.97 Å².